The maximum absolute atomic E-state index is 14.2. The second kappa shape index (κ2) is 20.9. The largest absolute Gasteiger partial charge is 0.481 e. The predicted molar refractivity (Wildman–Crippen MR) is 245 cm³/mol. The maximum atomic E-state index is 14.2. The van der Waals surface area contributed by atoms with E-state index in [-0.39, 0.29) is 24.7 Å². The molecule has 19 nitrogen and oxygen atoms in total. The lowest BCUT2D eigenvalue weighted by Gasteiger charge is -2.16. The van der Waals surface area contributed by atoms with Gasteiger partial charge < -0.3 is 34.8 Å². The highest BCUT2D eigenvalue weighted by atomic mass is 79.9. The fourth-order valence-electron chi connectivity index (χ4n) is 6.92. The van der Waals surface area contributed by atoms with Crippen molar-refractivity contribution in [2.24, 2.45) is 0 Å². The lowest BCUT2D eigenvalue weighted by molar-refractivity contribution is -0.390. The number of aromatic nitrogens is 10. The average molecular weight is 1050 g/mol. The van der Waals surface area contributed by atoms with Crippen LogP contribution in [0.15, 0.2) is 107 Å². The highest BCUT2D eigenvalue weighted by Crippen LogP contribution is 2.32. The third kappa shape index (κ3) is 11.4. The molecule has 0 radical (unpaired) electrons. The van der Waals surface area contributed by atoms with Crippen LogP contribution in [0.1, 0.15) is 65.0 Å². The summed E-state index contributed by atoms with van der Waals surface area (Å²) in [7, 11) is 0. The predicted octanol–water partition coefficient (Wildman–Crippen LogP) is 9.03. The summed E-state index contributed by atoms with van der Waals surface area (Å²) in [4.78, 5) is 28.9. The van der Waals surface area contributed by atoms with Crippen LogP contribution in [0.2, 0.25) is 0 Å². The number of aliphatic hydroxyl groups excluding tert-OH is 1. The van der Waals surface area contributed by atoms with Gasteiger partial charge in [-0.15, -0.1) is 0 Å². The number of nitro groups is 2. The van der Waals surface area contributed by atoms with Gasteiger partial charge in [0, 0.05) is 66.4 Å². The van der Waals surface area contributed by atoms with E-state index in [4.69, 9.17) is 9.47 Å². The summed E-state index contributed by atoms with van der Waals surface area (Å²) in [5, 5.41) is 51.2. The molecular formula is C44H40Br2F2N12O7. The van der Waals surface area contributed by atoms with Crippen LogP contribution in [0.25, 0.3) is 11.4 Å². The Kier molecular flexibility index (Phi) is 14.9. The van der Waals surface area contributed by atoms with E-state index in [1.165, 1.54) is 59.5 Å². The van der Waals surface area contributed by atoms with E-state index in [2.05, 4.69) is 62.2 Å². The molecule has 1 unspecified atom stereocenters. The van der Waals surface area contributed by atoms with Crippen LogP contribution in [0, 0.1) is 45.7 Å². The summed E-state index contributed by atoms with van der Waals surface area (Å²) < 4.78 is 47.5. The minimum absolute atomic E-state index is 0.0200. The minimum Gasteiger partial charge on any atom is -0.481 e. The molecule has 0 amide bonds. The average Bonchev–Trinajstić information content (AvgIpc) is 4.12. The van der Waals surface area contributed by atoms with Gasteiger partial charge in [-0.3, -0.25) is 9.36 Å². The fourth-order valence-corrected chi connectivity index (χ4v) is 7.54. The fraction of sp³-hybridized carbons (Fsp3) is 0.227. The summed E-state index contributed by atoms with van der Waals surface area (Å²) in [6.45, 7) is 8.72. The first-order valence-corrected chi connectivity index (χ1v) is 22.0. The van der Waals surface area contributed by atoms with E-state index >= 15 is 0 Å². The molecule has 346 valence electrons. The van der Waals surface area contributed by atoms with Crippen molar-refractivity contribution in [1.82, 2.24) is 49.1 Å². The van der Waals surface area contributed by atoms with Crippen molar-refractivity contribution in [3.05, 3.63) is 184 Å². The number of nitrogens with zero attached hydrogens (tertiary/aromatic N) is 12. The van der Waals surface area contributed by atoms with E-state index < -0.39 is 39.2 Å². The Bertz CT molecular complexity index is 3080. The molecule has 1 N–H and O–H groups in total. The van der Waals surface area contributed by atoms with Crippen LogP contribution in [-0.4, -0.2) is 64.0 Å². The Morgan fingerprint density at radius 1 is 0.701 bits per heavy atom. The van der Waals surface area contributed by atoms with Crippen LogP contribution >= 0.6 is 31.9 Å². The number of aliphatic hydroxyl groups is 1. The Hall–Kier alpha value is -7.24. The molecule has 0 aliphatic rings. The van der Waals surface area contributed by atoms with Gasteiger partial charge in [-0.2, -0.15) is 20.4 Å². The quantitative estimate of drug-likeness (QED) is 0.0706. The van der Waals surface area contributed by atoms with Crippen molar-refractivity contribution in [3.8, 4) is 22.9 Å². The number of rotatable bonds is 16. The van der Waals surface area contributed by atoms with Crippen molar-refractivity contribution in [2.45, 2.75) is 66.5 Å². The molecule has 0 fully saturated rings. The number of halogens is 4. The molecule has 2 aromatic carbocycles. The highest BCUT2D eigenvalue weighted by Gasteiger charge is 2.24. The number of benzene rings is 2. The van der Waals surface area contributed by atoms with Crippen molar-refractivity contribution in [1.29, 1.82) is 0 Å². The zero-order valence-corrected chi connectivity index (χ0v) is 39.3. The second-order valence-corrected chi connectivity index (χ2v) is 16.6. The molecule has 0 saturated carbocycles. The van der Waals surface area contributed by atoms with E-state index in [9.17, 15) is 34.1 Å². The topological polar surface area (TPSA) is 222 Å². The molecule has 0 saturated heterocycles. The standard InChI is InChI=1S/C22H20BrFN6O4.C22H20BrFN6O3/c1-3-28-11-15(9-26-28)21(31)19-6-13(2)27-29(19)18-5-4-17(24)7-14(18)12-34-20-8-16(23)10-25-22(20)30(32)33;1-3-28-12-15(10-26-28)7-19-6-14(2)27-29(19)20-5-4-18(24)8-16(20)13-33-21-9-17(23)11-25-22(21)30(31)32/h4-11,21,31H,3,12H2,1-2H3;4-6,8-12H,3,7,13H2,1-2H3. The maximum Gasteiger partial charge on any atom is 0.406 e. The summed E-state index contributed by atoms with van der Waals surface area (Å²) in [6.07, 6.45) is 9.26. The van der Waals surface area contributed by atoms with Gasteiger partial charge >= 0.3 is 11.6 Å². The van der Waals surface area contributed by atoms with Crippen LogP contribution in [0.3, 0.4) is 0 Å². The summed E-state index contributed by atoms with van der Waals surface area (Å²) in [5.74, 6) is -1.93. The van der Waals surface area contributed by atoms with E-state index in [0.717, 1.165) is 23.5 Å². The molecule has 0 aliphatic heterocycles. The molecule has 0 bridgehead atoms. The zero-order chi connectivity index (χ0) is 47.9. The Morgan fingerprint density at radius 3 is 1.73 bits per heavy atom. The zero-order valence-electron chi connectivity index (χ0n) is 36.1. The molecular weight excluding hydrogens is 1010 g/mol. The van der Waals surface area contributed by atoms with Crippen LogP contribution in [0.5, 0.6) is 11.5 Å². The van der Waals surface area contributed by atoms with Crippen molar-refractivity contribution in [2.75, 3.05) is 0 Å². The molecule has 6 heterocycles. The second-order valence-electron chi connectivity index (χ2n) is 14.8. The molecule has 67 heavy (non-hydrogen) atoms. The number of aryl methyl sites for hydroxylation is 4. The summed E-state index contributed by atoms with van der Waals surface area (Å²) >= 11 is 6.46. The van der Waals surface area contributed by atoms with Crippen LogP contribution in [-0.2, 0) is 32.7 Å². The minimum atomic E-state index is -1.03. The van der Waals surface area contributed by atoms with Crippen LogP contribution < -0.4 is 9.47 Å². The summed E-state index contributed by atoms with van der Waals surface area (Å²) in [5.41, 5.74) is 6.32. The highest BCUT2D eigenvalue weighted by molar-refractivity contribution is 9.10. The number of hydrogen-bond donors (Lipinski definition) is 1. The number of hydrogen-bond acceptors (Lipinski definition) is 13. The molecule has 0 aliphatic carbocycles. The molecule has 8 aromatic rings. The third-order valence-corrected chi connectivity index (χ3v) is 10.9. The number of pyridine rings is 2. The first kappa shape index (κ1) is 47.7. The van der Waals surface area contributed by atoms with Gasteiger partial charge in [0.25, 0.3) is 0 Å². The van der Waals surface area contributed by atoms with Crippen molar-refractivity contribution >= 4 is 43.5 Å². The SMILES string of the molecule is CCn1cc(C(O)c2cc(C)nn2-c2ccc(F)cc2COc2cc(Br)cnc2[N+](=O)[O-])cn1.CCn1cc(Cc2cc(C)nn2-c2ccc(F)cc2COc2cc(Br)cnc2[N+](=O)[O-])cn1. The Morgan fingerprint density at radius 2 is 1.21 bits per heavy atom. The van der Waals surface area contributed by atoms with Gasteiger partial charge in [0.1, 0.15) is 31.0 Å². The van der Waals surface area contributed by atoms with Gasteiger partial charge in [-0.05, 0) is 133 Å². The first-order valence-electron chi connectivity index (χ1n) is 20.4. The van der Waals surface area contributed by atoms with E-state index in [0.29, 0.717) is 61.4 Å². The van der Waals surface area contributed by atoms with E-state index in [1.54, 1.807) is 40.8 Å². The van der Waals surface area contributed by atoms with Gasteiger partial charge in [0.15, 0.2) is 12.4 Å². The third-order valence-electron chi connectivity index (χ3n) is 9.98. The molecule has 0 spiro atoms. The molecule has 6 aromatic heterocycles. The van der Waals surface area contributed by atoms with E-state index in [1.807, 2.05) is 43.9 Å². The van der Waals surface area contributed by atoms with Crippen LogP contribution in [0.4, 0.5) is 20.4 Å². The smallest absolute Gasteiger partial charge is 0.406 e. The lowest BCUT2D eigenvalue weighted by Crippen LogP contribution is -2.12. The lowest BCUT2D eigenvalue weighted by atomic mass is 10.1. The first-order chi connectivity index (χ1) is 32.1. The number of ether oxygens (including phenoxy) is 2. The van der Waals surface area contributed by atoms with Gasteiger partial charge in [0.2, 0.25) is 11.5 Å². The van der Waals surface area contributed by atoms with Gasteiger partial charge in [-0.25, -0.2) is 18.1 Å². The van der Waals surface area contributed by atoms with Crippen molar-refractivity contribution < 1.29 is 33.2 Å². The normalized spacial score (nSPS) is 11.5. The van der Waals surface area contributed by atoms with Crippen molar-refractivity contribution in [3.63, 3.8) is 0 Å². The molecule has 23 heteroatoms. The Labute approximate surface area is 397 Å². The monoisotopic (exact) mass is 1040 g/mol. The summed E-state index contributed by atoms with van der Waals surface area (Å²) in [6, 6.07) is 14.9. The molecule has 8 rings (SSSR count). The van der Waals surface area contributed by atoms with Gasteiger partial charge in [-0.1, -0.05) is 0 Å². The van der Waals surface area contributed by atoms with Gasteiger partial charge in [0.05, 0.1) is 49.8 Å². The molecule has 1 atom stereocenters. The Balaban J connectivity index is 0.000000199.